The van der Waals surface area contributed by atoms with Gasteiger partial charge in [-0.05, 0) is 50.0 Å². The predicted molar refractivity (Wildman–Crippen MR) is 85.0 cm³/mol. The number of halogens is 1. The van der Waals surface area contributed by atoms with Gasteiger partial charge in [0.1, 0.15) is 0 Å². The minimum Gasteiger partial charge on any atom is -0.308 e. The molecule has 1 aromatic rings. The number of hydrogen-bond donors (Lipinski definition) is 1. The van der Waals surface area contributed by atoms with Gasteiger partial charge in [0.2, 0.25) is 0 Å². The Kier molecular flexibility index (Phi) is 5.14. The summed E-state index contributed by atoms with van der Waals surface area (Å²) < 4.78 is 1.94. The van der Waals surface area contributed by atoms with Gasteiger partial charge >= 0.3 is 0 Å². The summed E-state index contributed by atoms with van der Waals surface area (Å²) in [4.78, 5) is 0. The zero-order valence-corrected chi connectivity index (χ0v) is 14.0. The molecular formula is C16H28ClN3. The van der Waals surface area contributed by atoms with Crippen LogP contribution in [0.2, 0.25) is 5.02 Å². The molecule has 1 saturated carbocycles. The van der Waals surface area contributed by atoms with E-state index in [1.807, 2.05) is 11.7 Å². The molecule has 0 aliphatic heterocycles. The number of rotatable bonds is 5. The lowest BCUT2D eigenvalue weighted by Gasteiger charge is -2.38. The van der Waals surface area contributed by atoms with Crippen LogP contribution < -0.4 is 5.32 Å². The molecule has 0 radical (unpaired) electrons. The third-order valence-electron chi connectivity index (χ3n) is 4.70. The van der Waals surface area contributed by atoms with Crippen molar-refractivity contribution in [2.75, 3.05) is 6.54 Å². The van der Waals surface area contributed by atoms with E-state index in [-0.39, 0.29) is 0 Å². The smallest absolute Gasteiger partial charge is 0.0834 e. The largest absolute Gasteiger partial charge is 0.308 e. The molecule has 3 nitrogen and oxygen atoms in total. The van der Waals surface area contributed by atoms with Crippen LogP contribution in [0.15, 0.2) is 6.20 Å². The summed E-state index contributed by atoms with van der Waals surface area (Å²) in [5.41, 5.74) is 1.66. The van der Waals surface area contributed by atoms with Crippen molar-refractivity contribution in [3.05, 3.63) is 16.9 Å². The van der Waals surface area contributed by atoms with Crippen molar-refractivity contribution in [1.82, 2.24) is 15.1 Å². The maximum atomic E-state index is 6.37. The van der Waals surface area contributed by atoms with Gasteiger partial charge in [0.25, 0.3) is 0 Å². The van der Waals surface area contributed by atoms with E-state index < -0.39 is 0 Å². The fourth-order valence-electron chi connectivity index (χ4n) is 3.31. The van der Waals surface area contributed by atoms with Gasteiger partial charge in [0.05, 0.1) is 23.0 Å². The molecule has 1 N–H and O–H groups in total. The van der Waals surface area contributed by atoms with Crippen molar-refractivity contribution in [1.29, 1.82) is 0 Å². The average molecular weight is 298 g/mol. The molecule has 1 unspecified atom stereocenters. The van der Waals surface area contributed by atoms with Crippen LogP contribution in [-0.4, -0.2) is 16.3 Å². The Morgan fingerprint density at radius 1 is 1.45 bits per heavy atom. The molecule has 0 saturated heterocycles. The molecule has 20 heavy (non-hydrogen) atoms. The average Bonchev–Trinajstić information content (AvgIpc) is 2.72. The standard InChI is InChI=1S/C16H28ClN3/c1-5-10-18-14(15-13(17)11-19-20(15)4)12-6-8-16(2,3)9-7-12/h11-12,14,18H,5-10H2,1-4H3. The maximum absolute atomic E-state index is 6.37. The highest BCUT2D eigenvalue weighted by molar-refractivity contribution is 6.31. The topological polar surface area (TPSA) is 29.9 Å². The van der Waals surface area contributed by atoms with Gasteiger partial charge in [-0.1, -0.05) is 32.4 Å². The first-order valence-corrected chi connectivity index (χ1v) is 8.23. The van der Waals surface area contributed by atoms with Gasteiger partial charge in [-0.25, -0.2) is 0 Å². The second kappa shape index (κ2) is 6.48. The molecule has 0 bridgehead atoms. The van der Waals surface area contributed by atoms with Crippen LogP contribution >= 0.6 is 11.6 Å². The lowest BCUT2D eigenvalue weighted by molar-refractivity contribution is 0.158. The van der Waals surface area contributed by atoms with Crippen molar-refractivity contribution < 1.29 is 0 Å². The number of aryl methyl sites for hydroxylation is 1. The zero-order valence-electron chi connectivity index (χ0n) is 13.2. The highest BCUT2D eigenvalue weighted by Crippen LogP contribution is 2.43. The molecule has 1 atom stereocenters. The fraction of sp³-hybridized carbons (Fsp3) is 0.812. The molecule has 114 valence electrons. The molecule has 1 fully saturated rings. The molecule has 0 aromatic carbocycles. The van der Waals surface area contributed by atoms with Gasteiger partial charge in [-0.2, -0.15) is 5.10 Å². The molecule has 2 rings (SSSR count). The third-order valence-corrected chi connectivity index (χ3v) is 4.99. The van der Waals surface area contributed by atoms with E-state index in [2.05, 4.69) is 31.2 Å². The summed E-state index contributed by atoms with van der Waals surface area (Å²) in [6, 6.07) is 0.339. The predicted octanol–water partition coefficient (Wildman–Crippen LogP) is 4.33. The number of aromatic nitrogens is 2. The van der Waals surface area contributed by atoms with Gasteiger partial charge in [-0.15, -0.1) is 0 Å². The van der Waals surface area contributed by atoms with Gasteiger partial charge in [0.15, 0.2) is 0 Å². The molecule has 4 heteroatoms. The first-order chi connectivity index (χ1) is 9.44. The minimum atomic E-state index is 0.339. The zero-order chi connectivity index (χ0) is 14.8. The van der Waals surface area contributed by atoms with E-state index in [1.54, 1.807) is 6.20 Å². The van der Waals surface area contributed by atoms with E-state index in [4.69, 9.17) is 11.6 Å². The van der Waals surface area contributed by atoms with Crippen LogP contribution in [0.4, 0.5) is 0 Å². The van der Waals surface area contributed by atoms with Crippen LogP contribution in [0.3, 0.4) is 0 Å². The lowest BCUT2D eigenvalue weighted by Crippen LogP contribution is -2.34. The Morgan fingerprint density at radius 2 is 2.10 bits per heavy atom. The molecule has 0 spiro atoms. The van der Waals surface area contributed by atoms with E-state index in [1.165, 1.54) is 25.7 Å². The summed E-state index contributed by atoms with van der Waals surface area (Å²) in [5.74, 6) is 0.669. The van der Waals surface area contributed by atoms with Crippen LogP contribution in [0, 0.1) is 11.3 Å². The first-order valence-electron chi connectivity index (χ1n) is 7.85. The minimum absolute atomic E-state index is 0.339. The Bertz CT molecular complexity index is 409. The molecule has 1 aliphatic rings. The molecule has 1 aliphatic carbocycles. The quantitative estimate of drug-likeness (QED) is 0.876. The second-order valence-corrected chi connectivity index (χ2v) is 7.34. The summed E-state index contributed by atoms with van der Waals surface area (Å²) in [7, 11) is 1.99. The molecule has 0 amide bonds. The summed E-state index contributed by atoms with van der Waals surface area (Å²) in [6.45, 7) is 8.01. The summed E-state index contributed by atoms with van der Waals surface area (Å²) in [6.07, 6.45) is 8.06. The van der Waals surface area contributed by atoms with E-state index >= 15 is 0 Å². The van der Waals surface area contributed by atoms with E-state index in [0.29, 0.717) is 17.4 Å². The molecular weight excluding hydrogens is 270 g/mol. The van der Waals surface area contributed by atoms with Gasteiger partial charge in [-0.3, -0.25) is 4.68 Å². The number of hydrogen-bond acceptors (Lipinski definition) is 2. The Hall–Kier alpha value is -0.540. The van der Waals surface area contributed by atoms with Crippen molar-refractivity contribution in [3.8, 4) is 0 Å². The molecule has 1 heterocycles. The van der Waals surface area contributed by atoms with Crippen molar-refractivity contribution >= 4 is 11.6 Å². The fourth-order valence-corrected chi connectivity index (χ4v) is 3.59. The summed E-state index contributed by atoms with van der Waals surface area (Å²) in [5, 5.41) is 8.82. The summed E-state index contributed by atoms with van der Waals surface area (Å²) >= 11 is 6.37. The van der Waals surface area contributed by atoms with Crippen molar-refractivity contribution in [2.24, 2.45) is 18.4 Å². The second-order valence-electron chi connectivity index (χ2n) is 6.93. The van der Waals surface area contributed by atoms with Crippen LogP contribution in [0.5, 0.6) is 0 Å². The number of nitrogens with zero attached hydrogens (tertiary/aromatic N) is 2. The van der Waals surface area contributed by atoms with Gasteiger partial charge in [0, 0.05) is 7.05 Å². The van der Waals surface area contributed by atoms with Crippen LogP contribution in [-0.2, 0) is 7.05 Å². The van der Waals surface area contributed by atoms with Gasteiger partial charge < -0.3 is 5.32 Å². The Morgan fingerprint density at radius 3 is 2.60 bits per heavy atom. The first kappa shape index (κ1) is 15.8. The maximum Gasteiger partial charge on any atom is 0.0834 e. The third kappa shape index (κ3) is 3.56. The van der Waals surface area contributed by atoms with Crippen molar-refractivity contribution in [3.63, 3.8) is 0 Å². The van der Waals surface area contributed by atoms with Crippen molar-refractivity contribution in [2.45, 2.75) is 58.9 Å². The van der Waals surface area contributed by atoms with Crippen LogP contribution in [0.1, 0.15) is 64.6 Å². The monoisotopic (exact) mass is 297 g/mol. The highest BCUT2D eigenvalue weighted by atomic mass is 35.5. The Balaban J connectivity index is 2.16. The van der Waals surface area contributed by atoms with E-state index in [9.17, 15) is 0 Å². The Labute approximate surface area is 128 Å². The SMILES string of the molecule is CCCNC(c1c(Cl)cnn1C)C1CCC(C)(C)CC1. The normalized spacial score (nSPS) is 21.1. The highest BCUT2D eigenvalue weighted by Gasteiger charge is 2.33. The molecule has 1 aromatic heterocycles. The number of nitrogens with one attached hydrogen (secondary N) is 1. The van der Waals surface area contributed by atoms with Crippen LogP contribution in [0.25, 0.3) is 0 Å². The lowest BCUT2D eigenvalue weighted by atomic mass is 9.70. The van der Waals surface area contributed by atoms with E-state index in [0.717, 1.165) is 23.7 Å².